The fourth-order valence-electron chi connectivity index (χ4n) is 4.08. The predicted molar refractivity (Wildman–Crippen MR) is 117 cm³/mol. The van der Waals surface area contributed by atoms with Crippen molar-refractivity contribution in [2.24, 2.45) is 0 Å². The first-order valence-corrected chi connectivity index (χ1v) is 10.5. The van der Waals surface area contributed by atoms with Gasteiger partial charge in [-0.3, -0.25) is 9.59 Å². The van der Waals surface area contributed by atoms with E-state index in [1.54, 1.807) is 41.8 Å². The summed E-state index contributed by atoms with van der Waals surface area (Å²) in [7, 11) is 0. The molecule has 1 fully saturated rings. The molecule has 2 aliphatic heterocycles. The molecule has 1 saturated heterocycles. The summed E-state index contributed by atoms with van der Waals surface area (Å²) >= 11 is 5.98. The van der Waals surface area contributed by atoms with Gasteiger partial charge in [0.1, 0.15) is 0 Å². The minimum atomic E-state index is -0.0811. The Balaban J connectivity index is 1.38. The summed E-state index contributed by atoms with van der Waals surface area (Å²) in [5.74, 6) is 0.445. The molecule has 1 unspecified atom stereocenters. The van der Waals surface area contributed by atoms with Crippen LogP contribution in [0.2, 0.25) is 5.02 Å². The summed E-state index contributed by atoms with van der Waals surface area (Å²) in [5.41, 5.74) is 2.04. The number of halogens is 1. The average molecular weight is 437 g/mol. The maximum absolute atomic E-state index is 13.2. The smallest absolute Gasteiger partial charge is 0.255 e. The largest absolute Gasteiger partial charge is 0.359 e. The number of aromatic nitrogens is 3. The Kier molecular flexibility index (Phi) is 5.07. The van der Waals surface area contributed by atoms with Crippen molar-refractivity contribution in [2.75, 3.05) is 29.9 Å². The predicted octanol–water partition coefficient (Wildman–Crippen LogP) is 2.98. The van der Waals surface area contributed by atoms with Crippen LogP contribution in [0.15, 0.2) is 55.2 Å². The molecule has 0 bridgehead atoms. The standard InChI is InChI=1S/C22H21ClN6O2/c23-17-3-1-15(2-4-17)12-29-19-9-16(10-25-21(19)26-11-20(29)30)22(31)27-7-5-18(13-27)28-8-6-24-14-28/h1-4,6,8-10,14,18H,5,7,11-13H2,(H,25,26). The molecule has 158 valence electrons. The Hall–Kier alpha value is -3.39. The van der Waals surface area contributed by atoms with Gasteiger partial charge in [-0.2, -0.15) is 0 Å². The third-order valence-corrected chi connectivity index (χ3v) is 6.02. The van der Waals surface area contributed by atoms with Gasteiger partial charge in [-0.1, -0.05) is 23.7 Å². The molecule has 1 aromatic carbocycles. The van der Waals surface area contributed by atoms with E-state index in [1.807, 2.05) is 27.8 Å². The minimum Gasteiger partial charge on any atom is -0.359 e. The molecule has 1 N–H and O–H groups in total. The van der Waals surface area contributed by atoms with Crippen LogP contribution in [-0.2, 0) is 11.3 Å². The maximum Gasteiger partial charge on any atom is 0.255 e. The number of nitrogens with one attached hydrogen (secondary N) is 1. The SMILES string of the molecule is O=C(c1cnc2c(c1)N(Cc1ccc(Cl)cc1)C(=O)CN2)N1CCC(n2ccnc2)C1. The van der Waals surface area contributed by atoms with E-state index in [-0.39, 0.29) is 24.4 Å². The molecular weight excluding hydrogens is 416 g/mol. The van der Waals surface area contributed by atoms with Gasteiger partial charge < -0.3 is 19.7 Å². The van der Waals surface area contributed by atoms with Gasteiger partial charge in [-0.25, -0.2) is 9.97 Å². The number of carbonyl (C=O) groups excluding carboxylic acids is 2. The summed E-state index contributed by atoms with van der Waals surface area (Å²) < 4.78 is 2.04. The van der Waals surface area contributed by atoms with E-state index in [2.05, 4.69) is 15.3 Å². The summed E-state index contributed by atoms with van der Waals surface area (Å²) in [6.07, 6.45) is 7.91. The van der Waals surface area contributed by atoms with Gasteiger partial charge in [0.25, 0.3) is 5.91 Å². The van der Waals surface area contributed by atoms with E-state index < -0.39 is 0 Å². The van der Waals surface area contributed by atoms with Gasteiger partial charge in [-0.15, -0.1) is 0 Å². The van der Waals surface area contributed by atoms with Crippen molar-refractivity contribution in [1.82, 2.24) is 19.4 Å². The van der Waals surface area contributed by atoms with Gasteiger partial charge in [0, 0.05) is 36.7 Å². The Labute approximate surface area is 184 Å². The van der Waals surface area contributed by atoms with Crippen molar-refractivity contribution < 1.29 is 9.59 Å². The van der Waals surface area contributed by atoms with Crippen molar-refractivity contribution in [3.8, 4) is 0 Å². The number of anilines is 2. The van der Waals surface area contributed by atoms with Crippen molar-refractivity contribution in [2.45, 2.75) is 19.0 Å². The van der Waals surface area contributed by atoms with Gasteiger partial charge >= 0.3 is 0 Å². The number of rotatable bonds is 4. The van der Waals surface area contributed by atoms with Crippen molar-refractivity contribution in [3.05, 3.63) is 71.4 Å². The lowest BCUT2D eigenvalue weighted by Gasteiger charge is -2.30. The fraction of sp³-hybridized carbons (Fsp3) is 0.273. The second-order valence-corrected chi connectivity index (χ2v) is 8.19. The molecule has 5 rings (SSSR count). The van der Waals surface area contributed by atoms with E-state index in [0.29, 0.717) is 41.7 Å². The van der Waals surface area contributed by atoms with E-state index in [4.69, 9.17) is 11.6 Å². The number of likely N-dealkylation sites (tertiary alicyclic amines) is 1. The third kappa shape index (κ3) is 3.86. The van der Waals surface area contributed by atoms with Crippen molar-refractivity contribution in [1.29, 1.82) is 0 Å². The average Bonchev–Trinajstić information content (AvgIpc) is 3.48. The first-order chi connectivity index (χ1) is 15.1. The molecule has 2 aliphatic rings. The molecule has 0 aliphatic carbocycles. The van der Waals surface area contributed by atoms with E-state index in [1.165, 1.54) is 0 Å². The van der Waals surface area contributed by atoms with E-state index in [9.17, 15) is 9.59 Å². The van der Waals surface area contributed by atoms with Crippen molar-refractivity contribution in [3.63, 3.8) is 0 Å². The van der Waals surface area contributed by atoms with Crippen LogP contribution >= 0.6 is 11.6 Å². The Bertz CT molecular complexity index is 1120. The maximum atomic E-state index is 13.2. The van der Waals surface area contributed by atoms with E-state index >= 15 is 0 Å². The minimum absolute atomic E-state index is 0.0739. The number of benzene rings is 1. The number of fused-ring (bicyclic) bond motifs is 1. The molecule has 4 heterocycles. The zero-order chi connectivity index (χ0) is 21.4. The summed E-state index contributed by atoms with van der Waals surface area (Å²) in [4.78, 5) is 37.8. The highest BCUT2D eigenvalue weighted by Gasteiger charge is 2.30. The van der Waals surface area contributed by atoms with Crippen LogP contribution < -0.4 is 10.2 Å². The number of pyridine rings is 1. The quantitative estimate of drug-likeness (QED) is 0.679. The second kappa shape index (κ2) is 8.03. The summed E-state index contributed by atoms with van der Waals surface area (Å²) in [6, 6.07) is 9.36. The first-order valence-electron chi connectivity index (χ1n) is 10.1. The highest BCUT2D eigenvalue weighted by molar-refractivity contribution is 6.30. The number of imidazole rings is 1. The fourth-order valence-corrected chi connectivity index (χ4v) is 4.21. The molecule has 2 amide bonds. The monoisotopic (exact) mass is 436 g/mol. The molecule has 0 radical (unpaired) electrons. The molecule has 0 saturated carbocycles. The van der Waals surface area contributed by atoms with Crippen LogP contribution in [0.3, 0.4) is 0 Å². The van der Waals surface area contributed by atoms with Gasteiger partial charge in [0.2, 0.25) is 5.91 Å². The number of amides is 2. The van der Waals surface area contributed by atoms with Crippen LogP contribution in [0.5, 0.6) is 0 Å². The lowest BCUT2D eigenvalue weighted by atomic mass is 10.1. The second-order valence-electron chi connectivity index (χ2n) is 7.76. The Morgan fingerprint density at radius 3 is 2.87 bits per heavy atom. The molecule has 9 heteroatoms. The van der Waals surface area contributed by atoms with Crippen LogP contribution in [0.25, 0.3) is 0 Å². The highest BCUT2D eigenvalue weighted by Crippen LogP contribution is 2.31. The van der Waals surface area contributed by atoms with Crippen LogP contribution in [0.1, 0.15) is 28.4 Å². The highest BCUT2D eigenvalue weighted by atomic mass is 35.5. The van der Waals surface area contributed by atoms with Crippen molar-refractivity contribution >= 4 is 34.9 Å². The lowest BCUT2D eigenvalue weighted by molar-refractivity contribution is -0.117. The summed E-state index contributed by atoms with van der Waals surface area (Å²) in [6.45, 7) is 1.85. The topological polar surface area (TPSA) is 83.4 Å². The Morgan fingerprint density at radius 1 is 1.26 bits per heavy atom. The zero-order valence-electron chi connectivity index (χ0n) is 16.7. The van der Waals surface area contributed by atoms with E-state index in [0.717, 1.165) is 12.0 Å². The Morgan fingerprint density at radius 2 is 2.10 bits per heavy atom. The first kappa shape index (κ1) is 19.6. The molecule has 0 spiro atoms. The van der Waals surface area contributed by atoms with Crippen LogP contribution in [0.4, 0.5) is 11.5 Å². The number of nitrogens with zero attached hydrogens (tertiary/aromatic N) is 5. The molecule has 2 aromatic heterocycles. The molecule has 8 nitrogen and oxygen atoms in total. The lowest BCUT2D eigenvalue weighted by Crippen LogP contribution is -2.40. The molecular formula is C22H21ClN6O2. The van der Waals surface area contributed by atoms with Gasteiger partial charge in [0.15, 0.2) is 5.82 Å². The number of hydrogen-bond acceptors (Lipinski definition) is 5. The normalized spacial score (nSPS) is 18.1. The van der Waals surface area contributed by atoms with Crippen LogP contribution in [-0.4, -0.2) is 50.9 Å². The number of carbonyl (C=O) groups is 2. The third-order valence-electron chi connectivity index (χ3n) is 5.76. The zero-order valence-corrected chi connectivity index (χ0v) is 17.5. The molecule has 31 heavy (non-hydrogen) atoms. The number of hydrogen-bond donors (Lipinski definition) is 1. The molecule has 1 atom stereocenters. The van der Waals surface area contributed by atoms with Crippen LogP contribution in [0, 0.1) is 0 Å². The van der Waals surface area contributed by atoms with Gasteiger partial charge in [0.05, 0.1) is 36.7 Å². The van der Waals surface area contributed by atoms with Gasteiger partial charge in [-0.05, 0) is 30.2 Å². The molecule has 3 aromatic rings. The summed E-state index contributed by atoms with van der Waals surface area (Å²) in [5, 5.41) is 3.68.